The van der Waals surface area contributed by atoms with E-state index in [9.17, 15) is 9.59 Å². The number of carbonyl (C=O) groups excluding carboxylic acids is 2. The Morgan fingerprint density at radius 3 is 2.43 bits per heavy atom. The predicted molar refractivity (Wildman–Crippen MR) is 151 cm³/mol. The molecule has 3 aromatic carbocycles. The van der Waals surface area contributed by atoms with E-state index in [-0.39, 0.29) is 10.9 Å². The van der Waals surface area contributed by atoms with Gasteiger partial charge in [0.2, 0.25) is 0 Å². The number of fused-ring (bicyclic) bond motifs is 1. The van der Waals surface area contributed by atoms with Gasteiger partial charge < -0.3 is 20.4 Å². The molecular formula is C29H30Cl2N4O2. The lowest BCUT2D eigenvalue weighted by atomic mass is 9.97. The Morgan fingerprint density at radius 1 is 0.892 bits per heavy atom. The van der Waals surface area contributed by atoms with E-state index in [4.69, 9.17) is 23.2 Å². The van der Waals surface area contributed by atoms with Gasteiger partial charge in [0.15, 0.2) is 0 Å². The molecule has 37 heavy (non-hydrogen) atoms. The molecule has 8 heteroatoms. The highest BCUT2D eigenvalue weighted by Gasteiger charge is 2.27. The second-order valence-corrected chi connectivity index (χ2v) is 10.6. The summed E-state index contributed by atoms with van der Waals surface area (Å²) in [6.07, 6.45) is 2.92. The van der Waals surface area contributed by atoms with E-state index in [0.717, 1.165) is 51.1 Å². The minimum atomic E-state index is -0.464. The topological polar surface area (TPSA) is 64.7 Å². The normalized spacial score (nSPS) is 15.8. The Morgan fingerprint density at radius 2 is 1.65 bits per heavy atom. The monoisotopic (exact) mass is 536 g/mol. The van der Waals surface area contributed by atoms with Crippen LogP contribution in [0.5, 0.6) is 0 Å². The highest BCUT2D eigenvalue weighted by atomic mass is 35.5. The van der Waals surface area contributed by atoms with Crippen LogP contribution in [0, 0.1) is 5.92 Å². The van der Waals surface area contributed by atoms with E-state index in [0.29, 0.717) is 27.9 Å². The first-order valence-corrected chi connectivity index (χ1v) is 13.4. The fourth-order valence-electron chi connectivity index (χ4n) is 5.03. The zero-order valence-corrected chi connectivity index (χ0v) is 22.3. The molecule has 0 spiro atoms. The first kappa shape index (κ1) is 25.4. The number of nitrogens with zero attached hydrogens (tertiary/aromatic N) is 2. The summed E-state index contributed by atoms with van der Waals surface area (Å²) < 4.78 is 0. The lowest BCUT2D eigenvalue weighted by Gasteiger charge is -2.35. The molecule has 0 unspecified atom stereocenters. The molecule has 0 aliphatic carbocycles. The van der Waals surface area contributed by atoms with Gasteiger partial charge in [0.05, 0.1) is 21.3 Å². The van der Waals surface area contributed by atoms with Crippen LogP contribution in [-0.4, -0.2) is 36.5 Å². The van der Waals surface area contributed by atoms with Crippen molar-refractivity contribution in [3.63, 3.8) is 0 Å². The summed E-state index contributed by atoms with van der Waals surface area (Å²) in [6, 6.07) is 18.6. The molecule has 1 saturated heterocycles. The summed E-state index contributed by atoms with van der Waals surface area (Å²) >= 11 is 12.3. The van der Waals surface area contributed by atoms with Gasteiger partial charge in [0, 0.05) is 37.6 Å². The van der Waals surface area contributed by atoms with Crippen LogP contribution in [0.4, 0.5) is 21.9 Å². The molecule has 1 fully saturated rings. The maximum absolute atomic E-state index is 13.8. The Balaban J connectivity index is 1.41. The van der Waals surface area contributed by atoms with Gasteiger partial charge in [-0.05, 0) is 66.6 Å². The van der Waals surface area contributed by atoms with E-state index in [1.807, 2.05) is 17.0 Å². The van der Waals surface area contributed by atoms with Gasteiger partial charge in [-0.3, -0.25) is 4.79 Å². The number of hydrogen-bond acceptors (Lipinski definition) is 3. The molecule has 5 rings (SSSR count). The Labute approximate surface area is 227 Å². The first-order chi connectivity index (χ1) is 17.9. The molecule has 0 atom stereocenters. The highest BCUT2D eigenvalue weighted by Crippen LogP contribution is 2.32. The lowest BCUT2D eigenvalue weighted by molar-refractivity contribution is 0.0698. The van der Waals surface area contributed by atoms with E-state index >= 15 is 0 Å². The summed E-state index contributed by atoms with van der Waals surface area (Å²) in [6.45, 7) is 5.29. The van der Waals surface area contributed by atoms with Gasteiger partial charge in [-0.25, -0.2) is 4.79 Å². The molecule has 2 heterocycles. The summed E-state index contributed by atoms with van der Waals surface area (Å²) in [5.74, 6) is 0.625. The summed E-state index contributed by atoms with van der Waals surface area (Å²) in [7, 11) is 0. The molecule has 0 bridgehead atoms. The van der Waals surface area contributed by atoms with Crippen molar-refractivity contribution in [2.45, 2.75) is 32.7 Å². The van der Waals surface area contributed by atoms with Gasteiger partial charge in [-0.1, -0.05) is 60.5 Å². The van der Waals surface area contributed by atoms with Crippen LogP contribution < -0.4 is 15.5 Å². The van der Waals surface area contributed by atoms with Crippen molar-refractivity contribution >= 4 is 52.2 Å². The number of likely N-dealkylation sites (tertiary alicyclic amines) is 1. The zero-order valence-electron chi connectivity index (χ0n) is 20.8. The molecule has 2 N–H and O–H groups in total. The van der Waals surface area contributed by atoms with Gasteiger partial charge in [0.25, 0.3) is 5.91 Å². The van der Waals surface area contributed by atoms with Crippen LogP contribution >= 0.6 is 23.2 Å². The van der Waals surface area contributed by atoms with Crippen LogP contribution in [0.25, 0.3) is 0 Å². The van der Waals surface area contributed by atoms with E-state index in [2.05, 4.69) is 46.7 Å². The first-order valence-electron chi connectivity index (χ1n) is 12.7. The molecule has 192 valence electrons. The van der Waals surface area contributed by atoms with Crippen LogP contribution in [0.1, 0.15) is 41.3 Å². The maximum Gasteiger partial charge on any atom is 0.323 e. The number of amides is 3. The predicted octanol–water partition coefficient (Wildman–Crippen LogP) is 7.07. The van der Waals surface area contributed by atoms with Crippen LogP contribution in [0.2, 0.25) is 10.0 Å². The van der Waals surface area contributed by atoms with E-state index in [1.54, 1.807) is 24.3 Å². The van der Waals surface area contributed by atoms with Crippen molar-refractivity contribution in [1.29, 1.82) is 0 Å². The summed E-state index contributed by atoms with van der Waals surface area (Å²) in [4.78, 5) is 30.7. The standard InChI is InChI=1S/C29H30Cl2N4O2/c1-19-11-14-34(15-12-19)28(36)23-17-22(32-29(37)33-25-8-4-7-24(30)27(25)31)9-10-26(23)35-16-13-20-5-2-3-6-21(20)18-35/h2-10,17,19H,11-16,18H2,1H3,(H2,32,33,37). The second-order valence-electron chi connectivity index (χ2n) is 9.83. The summed E-state index contributed by atoms with van der Waals surface area (Å²) in [5.41, 5.74) is 5.07. The number of carbonyl (C=O) groups is 2. The van der Waals surface area contributed by atoms with Crippen molar-refractivity contribution in [1.82, 2.24) is 4.90 Å². The second kappa shape index (κ2) is 11.0. The largest absolute Gasteiger partial charge is 0.366 e. The molecule has 2 aliphatic heterocycles. The van der Waals surface area contributed by atoms with Crippen molar-refractivity contribution in [3.8, 4) is 0 Å². The van der Waals surface area contributed by atoms with Gasteiger partial charge >= 0.3 is 6.03 Å². The number of nitrogens with one attached hydrogen (secondary N) is 2. The number of hydrogen-bond donors (Lipinski definition) is 2. The number of halogens is 2. The number of urea groups is 1. The maximum atomic E-state index is 13.8. The summed E-state index contributed by atoms with van der Waals surface area (Å²) in [5, 5.41) is 6.21. The van der Waals surface area contributed by atoms with Gasteiger partial charge in [-0.2, -0.15) is 0 Å². The minimum absolute atomic E-state index is 0.00250. The molecule has 3 aromatic rings. The molecule has 0 radical (unpaired) electrons. The van der Waals surface area contributed by atoms with Crippen molar-refractivity contribution in [3.05, 3.63) is 87.4 Å². The molecular weight excluding hydrogens is 507 g/mol. The van der Waals surface area contributed by atoms with Gasteiger partial charge in [-0.15, -0.1) is 0 Å². The number of rotatable bonds is 4. The number of anilines is 3. The Kier molecular flexibility index (Phi) is 7.58. The average molecular weight is 537 g/mol. The van der Waals surface area contributed by atoms with Gasteiger partial charge in [0.1, 0.15) is 0 Å². The van der Waals surface area contributed by atoms with Crippen LogP contribution in [0.3, 0.4) is 0 Å². The van der Waals surface area contributed by atoms with Crippen molar-refractivity contribution in [2.75, 3.05) is 35.2 Å². The lowest BCUT2D eigenvalue weighted by Crippen LogP contribution is -2.39. The fourth-order valence-corrected chi connectivity index (χ4v) is 5.38. The van der Waals surface area contributed by atoms with Crippen molar-refractivity contribution in [2.24, 2.45) is 5.92 Å². The molecule has 0 aromatic heterocycles. The quantitative estimate of drug-likeness (QED) is 0.374. The van der Waals surface area contributed by atoms with E-state index in [1.165, 1.54) is 11.1 Å². The van der Waals surface area contributed by atoms with Crippen LogP contribution in [0.15, 0.2) is 60.7 Å². The molecule has 2 aliphatic rings. The minimum Gasteiger partial charge on any atom is -0.366 e. The fraction of sp³-hybridized carbons (Fsp3) is 0.310. The third-order valence-electron chi connectivity index (χ3n) is 7.23. The van der Waals surface area contributed by atoms with Crippen LogP contribution in [-0.2, 0) is 13.0 Å². The molecule has 6 nitrogen and oxygen atoms in total. The highest BCUT2D eigenvalue weighted by molar-refractivity contribution is 6.44. The Hall–Kier alpha value is -3.22. The number of benzene rings is 3. The smallest absolute Gasteiger partial charge is 0.323 e. The average Bonchev–Trinajstić information content (AvgIpc) is 2.91. The van der Waals surface area contributed by atoms with E-state index < -0.39 is 6.03 Å². The number of piperidine rings is 1. The zero-order chi connectivity index (χ0) is 25.9. The van der Waals surface area contributed by atoms with Crippen molar-refractivity contribution < 1.29 is 9.59 Å². The third-order valence-corrected chi connectivity index (χ3v) is 8.05. The third kappa shape index (κ3) is 5.71. The molecule has 0 saturated carbocycles. The molecule has 3 amide bonds. The Bertz CT molecular complexity index is 1320. The SMILES string of the molecule is CC1CCN(C(=O)c2cc(NC(=O)Nc3cccc(Cl)c3Cl)ccc2N2CCc3ccccc3C2)CC1.